The summed E-state index contributed by atoms with van der Waals surface area (Å²) in [6.45, 7) is 3.58. The number of rotatable bonds is 5. The van der Waals surface area contributed by atoms with E-state index in [0.717, 1.165) is 22.0 Å². The van der Waals surface area contributed by atoms with E-state index < -0.39 is 27.6 Å². The summed E-state index contributed by atoms with van der Waals surface area (Å²) >= 11 is 0. The summed E-state index contributed by atoms with van der Waals surface area (Å²) < 4.78 is 54.0. The second-order valence-electron chi connectivity index (χ2n) is 6.87. The van der Waals surface area contributed by atoms with Gasteiger partial charge in [0.25, 0.3) is 15.9 Å². The van der Waals surface area contributed by atoms with E-state index in [4.69, 9.17) is 0 Å². The number of anilines is 2. The van der Waals surface area contributed by atoms with Gasteiger partial charge in [0.2, 0.25) is 0 Å². The molecule has 0 unspecified atom stereocenters. The van der Waals surface area contributed by atoms with E-state index in [9.17, 15) is 22.0 Å². The molecule has 0 heterocycles. The van der Waals surface area contributed by atoms with Gasteiger partial charge in [-0.05, 0) is 55.8 Å². The minimum absolute atomic E-state index is 0.123. The first kappa shape index (κ1) is 21.4. The maximum absolute atomic E-state index is 13.8. The van der Waals surface area contributed by atoms with Gasteiger partial charge >= 0.3 is 0 Å². The van der Waals surface area contributed by atoms with Crippen molar-refractivity contribution in [3.8, 4) is 0 Å². The van der Waals surface area contributed by atoms with Gasteiger partial charge in [-0.25, -0.2) is 17.2 Å². The number of aryl methyl sites for hydroxylation is 2. The lowest BCUT2D eigenvalue weighted by atomic mass is 10.1. The molecule has 156 valence electrons. The largest absolute Gasteiger partial charge is 0.319 e. The van der Waals surface area contributed by atoms with Crippen LogP contribution >= 0.6 is 0 Å². The van der Waals surface area contributed by atoms with Crippen LogP contribution in [0.3, 0.4) is 0 Å². The fraction of sp³-hybridized carbons (Fsp3) is 0.136. The molecule has 1 amide bonds. The lowest BCUT2D eigenvalue weighted by Gasteiger charge is -2.22. The molecule has 0 atom stereocenters. The normalized spacial score (nSPS) is 11.2. The van der Waals surface area contributed by atoms with Crippen molar-refractivity contribution >= 4 is 27.3 Å². The second kappa shape index (κ2) is 8.23. The Kier molecular flexibility index (Phi) is 5.89. The molecule has 0 bridgehead atoms. The molecule has 0 aliphatic heterocycles. The summed E-state index contributed by atoms with van der Waals surface area (Å²) in [4.78, 5) is 12.7. The number of sulfonamides is 1. The van der Waals surface area contributed by atoms with E-state index in [-0.39, 0.29) is 16.1 Å². The highest BCUT2D eigenvalue weighted by Crippen LogP contribution is 2.27. The van der Waals surface area contributed by atoms with Crippen molar-refractivity contribution in [3.05, 3.63) is 89.0 Å². The van der Waals surface area contributed by atoms with E-state index in [1.54, 1.807) is 25.1 Å². The molecule has 0 aliphatic carbocycles. The molecule has 8 heteroatoms. The number of carbonyl (C=O) groups is 1. The SMILES string of the molecule is Cc1ccc(S(=O)(=O)N(C)c2cc(C(=O)Nc3ccc(F)cc3F)ccc2C)cc1. The molecule has 0 spiro atoms. The number of amides is 1. The van der Waals surface area contributed by atoms with Gasteiger partial charge in [-0.15, -0.1) is 0 Å². The Morgan fingerprint density at radius 2 is 1.60 bits per heavy atom. The highest BCUT2D eigenvalue weighted by molar-refractivity contribution is 7.92. The van der Waals surface area contributed by atoms with Crippen LogP contribution in [0.2, 0.25) is 0 Å². The van der Waals surface area contributed by atoms with Crippen LogP contribution in [0.25, 0.3) is 0 Å². The predicted octanol–water partition coefficient (Wildman–Crippen LogP) is 4.66. The van der Waals surface area contributed by atoms with Gasteiger partial charge in [-0.2, -0.15) is 0 Å². The number of benzene rings is 3. The van der Waals surface area contributed by atoms with Crippen molar-refractivity contribution in [2.24, 2.45) is 0 Å². The van der Waals surface area contributed by atoms with Crippen molar-refractivity contribution in [1.29, 1.82) is 0 Å². The van der Waals surface area contributed by atoms with Crippen molar-refractivity contribution in [2.45, 2.75) is 18.7 Å². The maximum atomic E-state index is 13.8. The highest BCUT2D eigenvalue weighted by Gasteiger charge is 2.23. The van der Waals surface area contributed by atoms with Crippen LogP contribution in [0.15, 0.2) is 65.6 Å². The molecule has 0 radical (unpaired) electrons. The summed E-state index contributed by atoms with van der Waals surface area (Å²) in [5.41, 5.74) is 1.83. The van der Waals surface area contributed by atoms with Crippen molar-refractivity contribution in [3.63, 3.8) is 0 Å². The van der Waals surface area contributed by atoms with Gasteiger partial charge in [-0.3, -0.25) is 9.10 Å². The third-order valence-corrected chi connectivity index (χ3v) is 6.45. The minimum Gasteiger partial charge on any atom is -0.319 e. The summed E-state index contributed by atoms with van der Waals surface area (Å²) in [6.07, 6.45) is 0. The van der Waals surface area contributed by atoms with Crippen molar-refractivity contribution < 1.29 is 22.0 Å². The molecular formula is C22H20F2N2O3S. The third-order valence-electron chi connectivity index (χ3n) is 4.67. The van der Waals surface area contributed by atoms with Gasteiger partial charge in [0, 0.05) is 18.7 Å². The quantitative estimate of drug-likeness (QED) is 0.640. The molecule has 0 saturated heterocycles. The van der Waals surface area contributed by atoms with Crippen LogP contribution in [0.1, 0.15) is 21.5 Å². The van der Waals surface area contributed by atoms with Crippen LogP contribution in [-0.2, 0) is 10.0 Å². The summed E-state index contributed by atoms with van der Waals surface area (Å²) in [5.74, 6) is -2.32. The van der Waals surface area contributed by atoms with E-state index in [1.165, 1.54) is 31.3 Å². The van der Waals surface area contributed by atoms with Crippen LogP contribution in [0.5, 0.6) is 0 Å². The first-order valence-corrected chi connectivity index (χ1v) is 10.5. The molecule has 0 aromatic heterocycles. The maximum Gasteiger partial charge on any atom is 0.264 e. The third kappa shape index (κ3) is 4.33. The zero-order valence-electron chi connectivity index (χ0n) is 16.6. The summed E-state index contributed by atoms with van der Waals surface area (Å²) in [5, 5.41) is 2.37. The average molecular weight is 430 g/mol. The molecule has 0 saturated carbocycles. The molecule has 3 aromatic carbocycles. The summed E-state index contributed by atoms with van der Waals surface area (Å²) in [6, 6.07) is 13.8. The van der Waals surface area contributed by atoms with E-state index in [0.29, 0.717) is 17.3 Å². The Balaban J connectivity index is 1.92. The van der Waals surface area contributed by atoms with Crippen molar-refractivity contribution in [2.75, 3.05) is 16.7 Å². The number of hydrogen-bond donors (Lipinski definition) is 1. The number of nitrogens with zero attached hydrogens (tertiary/aromatic N) is 1. The van der Waals surface area contributed by atoms with Crippen molar-refractivity contribution in [1.82, 2.24) is 0 Å². The Morgan fingerprint density at radius 1 is 0.933 bits per heavy atom. The zero-order chi connectivity index (χ0) is 22.1. The Bertz CT molecular complexity index is 1210. The highest BCUT2D eigenvalue weighted by atomic mass is 32.2. The molecule has 30 heavy (non-hydrogen) atoms. The van der Waals surface area contributed by atoms with Crippen LogP contribution in [0, 0.1) is 25.5 Å². The molecule has 1 N–H and O–H groups in total. The van der Waals surface area contributed by atoms with Gasteiger partial charge in [-0.1, -0.05) is 23.8 Å². The first-order chi connectivity index (χ1) is 14.1. The van der Waals surface area contributed by atoms with Crippen LogP contribution in [-0.4, -0.2) is 21.4 Å². The van der Waals surface area contributed by atoms with Gasteiger partial charge in [0.1, 0.15) is 11.6 Å². The number of carbonyl (C=O) groups excluding carboxylic acids is 1. The monoisotopic (exact) mass is 430 g/mol. The fourth-order valence-electron chi connectivity index (χ4n) is 2.87. The smallest absolute Gasteiger partial charge is 0.264 e. The number of nitrogens with one attached hydrogen (secondary N) is 1. The molecule has 5 nitrogen and oxygen atoms in total. The average Bonchev–Trinajstić information content (AvgIpc) is 2.70. The lowest BCUT2D eigenvalue weighted by Crippen LogP contribution is -2.27. The van der Waals surface area contributed by atoms with Gasteiger partial charge in [0.15, 0.2) is 0 Å². The van der Waals surface area contributed by atoms with Crippen LogP contribution < -0.4 is 9.62 Å². The predicted molar refractivity (Wildman–Crippen MR) is 112 cm³/mol. The Morgan fingerprint density at radius 3 is 2.23 bits per heavy atom. The molecule has 3 rings (SSSR count). The Labute approximate surface area is 174 Å². The van der Waals surface area contributed by atoms with Gasteiger partial charge < -0.3 is 5.32 Å². The van der Waals surface area contributed by atoms with Crippen LogP contribution in [0.4, 0.5) is 20.2 Å². The summed E-state index contributed by atoms with van der Waals surface area (Å²) in [7, 11) is -2.44. The molecule has 0 fully saturated rings. The standard InChI is InChI=1S/C22H20F2N2O3S/c1-14-4-9-18(10-5-14)30(28,29)26(3)21-12-16(7-6-15(21)2)22(27)25-20-11-8-17(23)13-19(20)24/h4-13H,1-3H3,(H,25,27). The zero-order valence-corrected chi connectivity index (χ0v) is 17.4. The number of halogens is 2. The molecular weight excluding hydrogens is 410 g/mol. The lowest BCUT2D eigenvalue weighted by molar-refractivity contribution is 0.102. The van der Waals surface area contributed by atoms with E-state index in [2.05, 4.69) is 5.32 Å². The minimum atomic E-state index is -3.84. The number of hydrogen-bond acceptors (Lipinski definition) is 3. The second-order valence-corrected chi connectivity index (χ2v) is 8.83. The van der Waals surface area contributed by atoms with Gasteiger partial charge in [0.05, 0.1) is 16.3 Å². The fourth-order valence-corrected chi connectivity index (χ4v) is 4.12. The first-order valence-electron chi connectivity index (χ1n) is 9.02. The topological polar surface area (TPSA) is 66.5 Å². The molecule has 0 aliphatic rings. The van der Waals surface area contributed by atoms with E-state index in [1.807, 2.05) is 6.92 Å². The Hall–Kier alpha value is -3.26. The molecule has 3 aromatic rings. The van der Waals surface area contributed by atoms with E-state index >= 15 is 0 Å².